The lowest BCUT2D eigenvalue weighted by Gasteiger charge is -2.52. The highest BCUT2D eigenvalue weighted by Crippen LogP contribution is 2.54. The lowest BCUT2D eigenvalue weighted by Crippen LogP contribution is -3.11. The molecule has 1 aliphatic carbocycles. The predicted octanol–water partition coefficient (Wildman–Crippen LogP) is -7.34. The van der Waals surface area contributed by atoms with Crippen molar-refractivity contribution in [1.82, 2.24) is 0 Å². The molecule has 0 aromatic rings. The van der Waals surface area contributed by atoms with E-state index < -0.39 is 83.6 Å². The van der Waals surface area contributed by atoms with E-state index in [0.29, 0.717) is 0 Å². The van der Waals surface area contributed by atoms with Crippen molar-refractivity contribution >= 4 is 46.9 Å². The molecular weight excluding hydrogens is 1160 g/mol. The van der Waals surface area contributed by atoms with E-state index in [4.69, 9.17) is 29.4 Å². The summed E-state index contributed by atoms with van der Waals surface area (Å²) in [5, 5.41) is 0. The normalized spacial score (nSPS) is 22.8. The maximum Gasteiger partial charge on any atom is 0.265 e. The molecule has 12 N–H and O–H groups in total. The van der Waals surface area contributed by atoms with Crippen molar-refractivity contribution in [2.45, 2.75) is 161 Å². The summed E-state index contributed by atoms with van der Waals surface area (Å²) in [5.41, 5.74) is 0. The molecule has 1 fully saturated rings. The summed E-state index contributed by atoms with van der Waals surface area (Å²) in [4.78, 5) is 131. The van der Waals surface area contributed by atoms with Crippen LogP contribution < -0.4 is 58.8 Å². The zero-order valence-corrected chi connectivity index (χ0v) is 55.3. The fourth-order valence-electron chi connectivity index (χ4n) is 7.26. The molecule has 0 aromatic carbocycles. The Morgan fingerprint density at radius 2 is 0.295 bits per heavy atom. The van der Waals surface area contributed by atoms with Gasteiger partial charge in [0.2, 0.25) is 0 Å². The van der Waals surface area contributed by atoms with E-state index in [0.717, 1.165) is 0 Å². The summed E-state index contributed by atoms with van der Waals surface area (Å²) >= 11 is 0. The van der Waals surface area contributed by atoms with Crippen molar-refractivity contribution in [3.8, 4) is 0 Å². The van der Waals surface area contributed by atoms with Crippen LogP contribution in [0.4, 0.5) is 0 Å². The van der Waals surface area contributed by atoms with Gasteiger partial charge in [0.15, 0.2) is 0 Å². The summed E-state index contributed by atoms with van der Waals surface area (Å²) in [6.07, 6.45) is -20.2. The highest BCUT2D eigenvalue weighted by molar-refractivity contribution is 7.46. The van der Waals surface area contributed by atoms with E-state index in [1.54, 1.807) is 29.4 Å². The second-order valence-electron chi connectivity index (χ2n) is 17.1. The minimum atomic E-state index is -6.35. The first-order chi connectivity index (χ1) is 35.6. The van der Waals surface area contributed by atoms with Crippen molar-refractivity contribution in [2.75, 3.05) is 118 Å². The summed E-state index contributed by atoms with van der Waals surface area (Å²) in [6.45, 7) is 62.9. The Morgan fingerprint density at radius 1 is 0.231 bits per heavy atom. The highest BCUT2D eigenvalue weighted by atomic mass is 31.2. The Kier molecular flexibility index (Phi) is 55.9. The number of quaternary nitrogens is 6. The number of nitrogens with one attached hydrogen (secondary N) is 6. The zero-order chi connectivity index (χ0) is 62.9. The minimum absolute atomic E-state index is 1.27. The third-order valence-corrected chi connectivity index (χ3v) is 15.5. The van der Waals surface area contributed by atoms with Crippen LogP contribution in [0, 0.1) is 0 Å². The molecule has 6 unspecified atom stereocenters. The van der Waals surface area contributed by atoms with Crippen LogP contribution in [0.15, 0.2) is 0 Å². The Bertz CT molecular complexity index is 1330. The van der Waals surface area contributed by atoms with Gasteiger partial charge in [-0.05, 0) is 125 Å². The van der Waals surface area contributed by atoms with Crippen LogP contribution in [0.3, 0.4) is 0 Å². The van der Waals surface area contributed by atoms with Gasteiger partial charge in [-0.3, -0.25) is 27.4 Å². The summed E-state index contributed by atoms with van der Waals surface area (Å²) in [7, 11) is -38.1. The average Bonchev–Trinajstić information content (AvgIpc) is 3.32. The van der Waals surface area contributed by atoms with Crippen LogP contribution >= 0.6 is 46.9 Å². The monoisotopic (exact) mass is 1270 g/mol. The first-order valence-electron chi connectivity index (χ1n) is 27.0. The van der Waals surface area contributed by atoms with Crippen LogP contribution in [0.2, 0.25) is 0 Å². The molecule has 0 bridgehead atoms. The van der Waals surface area contributed by atoms with Crippen molar-refractivity contribution in [2.24, 2.45) is 0 Å². The lowest BCUT2D eigenvalue weighted by molar-refractivity contribution is -0.894. The van der Waals surface area contributed by atoms with Crippen LogP contribution in [0.1, 0.15) is 125 Å². The topological polar surface area (TPSA) is 444 Å². The molecule has 0 heterocycles. The van der Waals surface area contributed by atoms with Crippen molar-refractivity contribution in [3.63, 3.8) is 0 Å². The number of rotatable bonds is 30. The molecule has 78 heavy (non-hydrogen) atoms. The molecule has 0 saturated heterocycles. The summed E-state index contributed by atoms with van der Waals surface area (Å²) in [6, 6.07) is 0. The van der Waals surface area contributed by atoms with Crippen LogP contribution in [-0.4, -0.2) is 184 Å². The third-order valence-electron chi connectivity index (χ3n) is 12.5. The quantitative estimate of drug-likeness (QED) is 0.0297. The smallest absolute Gasteiger partial charge is 0.265 e. The molecule has 1 rings (SSSR count). The first kappa shape index (κ1) is 89.6. The van der Waals surface area contributed by atoms with Gasteiger partial charge in [-0.1, -0.05) is 0 Å². The molecule has 0 aliphatic heterocycles. The average molecular weight is 1270 g/mol. The fourth-order valence-corrected chi connectivity index (χ4v) is 10.5. The maximum absolute atomic E-state index is 11.3. The van der Waals surface area contributed by atoms with Gasteiger partial charge in [-0.15, -0.1) is 0 Å². The third kappa shape index (κ3) is 53.2. The largest absolute Gasteiger partial charge is 0.756 e. The molecule has 6 atom stereocenters. The molecule has 480 valence electrons. The summed E-state index contributed by atoms with van der Waals surface area (Å²) in [5.74, 6) is 0. The molecule has 30 nitrogen and oxygen atoms in total. The van der Waals surface area contributed by atoms with E-state index in [2.05, 4.69) is 152 Å². The fraction of sp³-hybridized carbons (Fsp3) is 1.00. The summed E-state index contributed by atoms with van der Waals surface area (Å²) < 4.78 is 90.7. The number of phosphoric acid groups is 6. The van der Waals surface area contributed by atoms with Gasteiger partial charge in [0.05, 0.1) is 118 Å². The van der Waals surface area contributed by atoms with E-state index in [9.17, 15) is 56.8 Å². The molecule has 36 heteroatoms. The number of hydrogen-bond acceptors (Lipinski definition) is 18. The van der Waals surface area contributed by atoms with Crippen LogP contribution in [0.25, 0.3) is 0 Å². The van der Waals surface area contributed by atoms with E-state index in [1.807, 2.05) is 0 Å². The van der Waals surface area contributed by atoms with Crippen molar-refractivity contribution in [1.29, 1.82) is 0 Å². The van der Waals surface area contributed by atoms with Crippen molar-refractivity contribution in [3.05, 3.63) is 0 Å². The van der Waals surface area contributed by atoms with E-state index >= 15 is 0 Å². The van der Waals surface area contributed by atoms with Gasteiger partial charge in [-0.2, -0.15) is 0 Å². The number of hydrogen-bond donors (Lipinski definition) is 12. The standard InChI is InChI=1S/6C6H15N.C6H18O24P6/c6*1-4-7(5-2)6-3;7-31(8,9)25-1-2(26-32(10,11)12)4(28-34(16,17)18)6(30-36(22,23)24)5(29-35(19,20)21)3(1)27-33(13,14)15/h6*4-6H2,1-3H3;1-6H,(H2,7,8,9)(H2,10,11,12)(H2,13,14,15)(H2,16,17,18)(H2,19,20,21)(H2,22,23,24). The van der Waals surface area contributed by atoms with Gasteiger partial charge >= 0.3 is 0 Å². The lowest BCUT2D eigenvalue weighted by atomic mass is 9.85. The van der Waals surface area contributed by atoms with Gasteiger partial charge in [-0.25, -0.2) is 0 Å². The van der Waals surface area contributed by atoms with E-state index in [1.165, 1.54) is 118 Å². The second kappa shape index (κ2) is 48.6. The Morgan fingerprint density at radius 3 is 0.321 bits per heavy atom. The Labute approximate surface area is 467 Å². The maximum atomic E-state index is 11.3. The van der Waals surface area contributed by atoms with Gasteiger partial charge in [0, 0.05) is 0 Å². The molecule has 0 spiro atoms. The minimum Gasteiger partial charge on any atom is -0.756 e. The molecule has 0 radical (unpaired) electrons. The molecule has 1 saturated carbocycles. The SMILES string of the molecule is CC[NH+](CC)CC.CC[NH+](CC)CC.CC[NH+](CC)CC.CC[NH+](CC)CC.CC[NH+](CC)CC.CC[NH+](CC)CC.O=P([O-])(O)OC1C(OP(=O)([O-])O)C(OP(=O)([O-])O)C(OP(=O)([O-])O)C(OP(=O)([O-])O)C1OP(=O)([O-])O. The van der Waals surface area contributed by atoms with Gasteiger partial charge < -0.3 is 115 Å². The second-order valence-corrected chi connectivity index (χ2v) is 24.0. The Balaban J connectivity index is -0.000000246. The molecular formula is C42H108N6O24P6. The van der Waals surface area contributed by atoms with Crippen molar-refractivity contribution < 1.29 is 143 Å². The predicted molar refractivity (Wildman–Crippen MR) is 284 cm³/mol. The Hall–Kier alpha value is 0.420. The molecule has 1 aliphatic rings. The van der Waals surface area contributed by atoms with Gasteiger partial charge in [0.25, 0.3) is 46.9 Å². The van der Waals surface area contributed by atoms with Crippen LogP contribution in [-0.2, 0) is 54.5 Å². The van der Waals surface area contributed by atoms with Crippen LogP contribution in [0.5, 0.6) is 0 Å². The molecule has 0 aromatic heterocycles. The van der Waals surface area contributed by atoms with E-state index in [-0.39, 0.29) is 0 Å². The van der Waals surface area contributed by atoms with Gasteiger partial charge in [0.1, 0.15) is 36.6 Å². The number of phosphoric ester groups is 6. The zero-order valence-electron chi connectivity index (χ0n) is 49.9. The first-order valence-corrected chi connectivity index (χ1v) is 36.0. The highest BCUT2D eigenvalue weighted by Gasteiger charge is 2.59. The molecule has 0 amide bonds.